The highest BCUT2D eigenvalue weighted by atomic mass is 16.3. The first-order valence-electron chi connectivity index (χ1n) is 7.18. The van der Waals surface area contributed by atoms with Crippen LogP contribution in [0.1, 0.15) is 40.5 Å². The van der Waals surface area contributed by atoms with Crippen LogP contribution in [-0.2, 0) is 4.79 Å². The number of hydrogen-bond acceptors (Lipinski definition) is 3. The van der Waals surface area contributed by atoms with Crippen molar-refractivity contribution in [2.75, 3.05) is 13.1 Å². The number of amides is 3. The van der Waals surface area contributed by atoms with Gasteiger partial charge in [0.2, 0.25) is 5.91 Å². The number of nitrogens with zero attached hydrogens (tertiary/aromatic N) is 1. The molecular formula is C14H27N3O3. The minimum Gasteiger partial charge on any atom is -0.393 e. The normalized spacial score (nSPS) is 25.1. The van der Waals surface area contributed by atoms with Crippen molar-refractivity contribution in [2.45, 2.75) is 52.7 Å². The molecule has 20 heavy (non-hydrogen) atoms. The molecule has 1 heterocycles. The van der Waals surface area contributed by atoms with Gasteiger partial charge < -0.3 is 21.1 Å². The lowest BCUT2D eigenvalue weighted by Crippen LogP contribution is -2.56. The standard InChI is InChI=1S/C14H27N3O3/c1-5-11(18)9-6-10(8-17(7-9)13(15)20)16-12(19)14(2,3)4/h9-11,18H,5-8H2,1-4H3,(H2,15,20)(H,16,19). The molecule has 6 heteroatoms. The summed E-state index contributed by atoms with van der Waals surface area (Å²) >= 11 is 0. The maximum absolute atomic E-state index is 12.0. The summed E-state index contributed by atoms with van der Waals surface area (Å²) in [4.78, 5) is 24.9. The molecule has 116 valence electrons. The summed E-state index contributed by atoms with van der Waals surface area (Å²) in [6.07, 6.45) is 0.809. The molecule has 6 nitrogen and oxygen atoms in total. The topological polar surface area (TPSA) is 95.7 Å². The first kappa shape index (κ1) is 16.8. The Balaban J connectivity index is 2.75. The Morgan fingerprint density at radius 3 is 2.45 bits per heavy atom. The molecule has 1 saturated heterocycles. The molecule has 1 aliphatic rings. The van der Waals surface area contributed by atoms with E-state index in [0.717, 1.165) is 0 Å². The highest BCUT2D eigenvalue weighted by molar-refractivity contribution is 5.81. The van der Waals surface area contributed by atoms with Crippen molar-refractivity contribution in [3.8, 4) is 0 Å². The van der Waals surface area contributed by atoms with Crippen LogP contribution in [0.25, 0.3) is 0 Å². The number of nitrogens with one attached hydrogen (secondary N) is 1. The molecule has 0 aromatic rings. The third-order valence-electron chi connectivity index (χ3n) is 3.77. The molecule has 0 saturated carbocycles. The van der Waals surface area contributed by atoms with Crippen molar-refractivity contribution >= 4 is 11.9 Å². The van der Waals surface area contributed by atoms with Crippen LogP contribution in [0.15, 0.2) is 0 Å². The number of nitrogens with two attached hydrogens (primary N) is 1. The number of rotatable bonds is 3. The molecule has 0 radical (unpaired) electrons. The van der Waals surface area contributed by atoms with Crippen LogP contribution in [0.2, 0.25) is 0 Å². The largest absolute Gasteiger partial charge is 0.393 e. The van der Waals surface area contributed by atoms with Crippen molar-refractivity contribution in [1.29, 1.82) is 0 Å². The van der Waals surface area contributed by atoms with E-state index in [1.54, 1.807) is 0 Å². The van der Waals surface area contributed by atoms with Gasteiger partial charge in [-0.3, -0.25) is 4.79 Å². The van der Waals surface area contributed by atoms with Crippen molar-refractivity contribution in [3.05, 3.63) is 0 Å². The van der Waals surface area contributed by atoms with E-state index in [1.165, 1.54) is 4.90 Å². The highest BCUT2D eigenvalue weighted by Gasteiger charge is 2.34. The lowest BCUT2D eigenvalue weighted by atomic mass is 9.87. The predicted octanol–water partition coefficient (Wildman–Crippen LogP) is 0.689. The molecule has 4 N–H and O–H groups in total. The van der Waals surface area contributed by atoms with Crippen molar-refractivity contribution in [1.82, 2.24) is 10.2 Å². The van der Waals surface area contributed by atoms with Gasteiger partial charge in [0.1, 0.15) is 0 Å². The molecule has 3 unspecified atom stereocenters. The Bertz CT molecular complexity index is 365. The second kappa shape index (κ2) is 6.43. The van der Waals surface area contributed by atoms with Crippen molar-refractivity contribution < 1.29 is 14.7 Å². The van der Waals surface area contributed by atoms with Crippen LogP contribution in [0.5, 0.6) is 0 Å². The van der Waals surface area contributed by atoms with Gasteiger partial charge in [0.05, 0.1) is 6.10 Å². The van der Waals surface area contributed by atoms with E-state index in [0.29, 0.717) is 25.9 Å². The zero-order chi connectivity index (χ0) is 15.5. The molecular weight excluding hydrogens is 258 g/mol. The Kier molecular flexibility index (Phi) is 5.39. The molecule has 0 aromatic carbocycles. The number of urea groups is 1. The predicted molar refractivity (Wildman–Crippen MR) is 76.9 cm³/mol. The fourth-order valence-electron chi connectivity index (χ4n) is 2.44. The van der Waals surface area contributed by atoms with Gasteiger partial charge in [-0.05, 0) is 12.8 Å². The van der Waals surface area contributed by atoms with Crippen molar-refractivity contribution in [3.63, 3.8) is 0 Å². The molecule has 0 bridgehead atoms. The van der Waals surface area contributed by atoms with Gasteiger partial charge in [0.15, 0.2) is 0 Å². The van der Waals surface area contributed by atoms with Gasteiger partial charge in [-0.2, -0.15) is 0 Å². The minimum atomic E-state index is -0.506. The number of carbonyl (C=O) groups is 2. The van der Waals surface area contributed by atoms with Gasteiger partial charge in [-0.1, -0.05) is 27.7 Å². The maximum Gasteiger partial charge on any atom is 0.314 e. The SMILES string of the molecule is CCC(O)C1CC(NC(=O)C(C)(C)C)CN(C(N)=O)C1. The summed E-state index contributed by atoms with van der Waals surface area (Å²) in [5.74, 6) is -0.106. The van der Waals surface area contributed by atoms with E-state index < -0.39 is 17.6 Å². The lowest BCUT2D eigenvalue weighted by Gasteiger charge is -2.39. The van der Waals surface area contributed by atoms with Crippen LogP contribution >= 0.6 is 0 Å². The average molecular weight is 285 g/mol. The molecule has 1 aliphatic heterocycles. The van der Waals surface area contributed by atoms with Gasteiger partial charge in [0, 0.05) is 30.5 Å². The zero-order valence-electron chi connectivity index (χ0n) is 12.8. The van der Waals surface area contributed by atoms with Crippen LogP contribution in [0, 0.1) is 11.3 Å². The maximum atomic E-state index is 12.0. The molecule has 0 aliphatic carbocycles. The van der Waals surface area contributed by atoms with Gasteiger partial charge in [-0.15, -0.1) is 0 Å². The summed E-state index contributed by atoms with van der Waals surface area (Å²) in [6.45, 7) is 8.28. The third kappa shape index (κ3) is 4.37. The van der Waals surface area contributed by atoms with Gasteiger partial charge in [-0.25, -0.2) is 4.79 Å². The summed E-state index contributed by atoms with van der Waals surface area (Å²) in [5.41, 5.74) is 4.86. The second-order valence-corrected chi connectivity index (χ2v) is 6.63. The number of primary amides is 1. The number of aliphatic hydroxyl groups excluding tert-OH is 1. The van der Waals surface area contributed by atoms with Crippen LogP contribution in [0.4, 0.5) is 4.79 Å². The Labute approximate surface area is 120 Å². The smallest absolute Gasteiger partial charge is 0.314 e. The Morgan fingerprint density at radius 1 is 1.40 bits per heavy atom. The molecule has 3 atom stereocenters. The fourth-order valence-corrected chi connectivity index (χ4v) is 2.44. The summed E-state index contributed by atoms with van der Waals surface area (Å²) in [7, 11) is 0. The molecule has 1 rings (SSSR count). The number of carbonyl (C=O) groups excluding carboxylic acids is 2. The molecule has 3 amide bonds. The third-order valence-corrected chi connectivity index (χ3v) is 3.77. The van der Waals surface area contributed by atoms with E-state index in [-0.39, 0.29) is 17.9 Å². The van der Waals surface area contributed by atoms with E-state index in [4.69, 9.17) is 5.73 Å². The number of hydrogen-bond donors (Lipinski definition) is 3. The molecule has 0 aromatic heterocycles. The fraction of sp³-hybridized carbons (Fsp3) is 0.857. The second-order valence-electron chi connectivity index (χ2n) is 6.63. The van der Waals surface area contributed by atoms with Crippen LogP contribution in [-0.4, -0.2) is 47.2 Å². The quantitative estimate of drug-likeness (QED) is 0.712. The first-order chi connectivity index (χ1) is 9.15. The number of aliphatic hydroxyl groups is 1. The number of piperidine rings is 1. The lowest BCUT2D eigenvalue weighted by molar-refractivity contribution is -0.129. The van der Waals surface area contributed by atoms with Crippen LogP contribution in [0.3, 0.4) is 0 Å². The van der Waals surface area contributed by atoms with E-state index >= 15 is 0 Å². The zero-order valence-corrected chi connectivity index (χ0v) is 12.8. The Hall–Kier alpha value is -1.30. The molecule has 1 fully saturated rings. The summed E-state index contributed by atoms with van der Waals surface area (Å²) < 4.78 is 0. The average Bonchev–Trinajstić information content (AvgIpc) is 2.36. The van der Waals surface area contributed by atoms with E-state index in [1.807, 2.05) is 27.7 Å². The summed E-state index contributed by atoms with van der Waals surface area (Å²) in [6, 6.07) is -0.665. The Morgan fingerprint density at radius 2 is 2.00 bits per heavy atom. The molecule has 0 spiro atoms. The highest BCUT2D eigenvalue weighted by Crippen LogP contribution is 2.23. The van der Waals surface area contributed by atoms with Crippen molar-refractivity contribution in [2.24, 2.45) is 17.1 Å². The number of likely N-dealkylation sites (tertiary alicyclic amines) is 1. The summed E-state index contributed by atoms with van der Waals surface area (Å²) in [5, 5.41) is 13.0. The minimum absolute atomic E-state index is 0.0495. The van der Waals surface area contributed by atoms with Gasteiger partial charge in [0.25, 0.3) is 0 Å². The van der Waals surface area contributed by atoms with E-state index in [9.17, 15) is 14.7 Å². The van der Waals surface area contributed by atoms with Crippen LogP contribution < -0.4 is 11.1 Å². The monoisotopic (exact) mass is 285 g/mol. The van der Waals surface area contributed by atoms with Gasteiger partial charge >= 0.3 is 6.03 Å². The van der Waals surface area contributed by atoms with E-state index in [2.05, 4.69) is 5.32 Å². The first-order valence-corrected chi connectivity index (χ1v) is 7.18.